The molecule has 3 rings (SSSR count). The van der Waals surface area contributed by atoms with Gasteiger partial charge in [-0.25, -0.2) is 4.99 Å². The van der Waals surface area contributed by atoms with Gasteiger partial charge in [-0.05, 0) is 66.1 Å². The van der Waals surface area contributed by atoms with E-state index in [1.807, 2.05) is 0 Å². The summed E-state index contributed by atoms with van der Waals surface area (Å²) >= 11 is 0. The molecule has 2 atom stereocenters. The minimum Gasteiger partial charge on any atom is -0.493 e. The number of carbonyl (C=O) groups is 4. The largest absolute Gasteiger partial charge is 0.493 e. The smallest absolute Gasteiger partial charge is 0.309 e. The Morgan fingerprint density at radius 1 is 1.05 bits per heavy atom. The number of carboxylic acid groups (broad SMARTS) is 1. The molecule has 0 aliphatic heterocycles. The Morgan fingerprint density at radius 2 is 1.72 bits per heavy atom. The molecule has 2 aromatic rings. The molecule has 12 heteroatoms. The molecule has 8 N–H and O–H groups in total. The molecule has 1 aliphatic rings. The molecule has 43 heavy (non-hydrogen) atoms. The molecule has 3 amide bonds. The third kappa shape index (κ3) is 9.19. The zero-order chi connectivity index (χ0) is 32.0. The van der Waals surface area contributed by atoms with Gasteiger partial charge in [-0.15, -0.1) is 0 Å². The molecule has 1 aliphatic carbocycles. The normalized spacial score (nSPS) is 17.7. The third-order valence-electron chi connectivity index (χ3n) is 7.46. The first-order valence-electron chi connectivity index (χ1n) is 14.1. The number of benzene rings is 2. The average molecular weight is 595 g/mol. The topological polar surface area (TPSA) is 198 Å². The maximum Gasteiger partial charge on any atom is 0.309 e. The summed E-state index contributed by atoms with van der Waals surface area (Å²) in [6.45, 7) is 11.0. The van der Waals surface area contributed by atoms with Crippen molar-refractivity contribution in [2.24, 2.45) is 33.2 Å². The van der Waals surface area contributed by atoms with Crippen molar-refractivity contribution in [1.82, 2.24) is 10.6 Å². The van der Waals surface area contributed by atoms with Crippen molar-refractivity contribution in [2.45, 2.75) is 59.4 Å². The summed E-state index contributed by atoms with van der Waals surface area (Å²) in [5, 5.41) is 17.2. The summed E-state index contributed by atoms with van der Waals surface area (Å²) in [7, 11) is 0. The van der Waals surface area contributed by atoms with Gasteiger partial charge in [0.2, 0.25) is 5.91 Å². The zero-order valence-electron chi connectivity index (χ0n) is 25.3. The monoisotopic (exact) mass is 594 g/mol. The Hall–Kier alpha value is -4.61. The molecule has 2 aromatic carbocycles. The Labute approximate surface area is 251 Å². The summed E-state index contributed by atoms with van der Waals surface area (Å²) in [5.41, 5.74) is 10.2. The molecule has 12 nitrogen and oxygen atoms in total. The lowest BCUT2D eigenvalue weighted by molar-refractivity contribution is -0.140. The molecule has 0 radical (unpaired) electrons. The van der Waals surface area contributed by atoms with Crippen molar-refractivity contribution in [3.63, 3.8) is 0 Å². The van der Waals surface area contributed by atoms with E-state index in [4.69, 9.17) is 16.2 Å². The van der Waals surface area contributed by atoms with Gasteiger partial charge in [-0.2, -0.15) is 0 Å². The number of ether oxygens (including phenoxy) is 1. The highest BCUT2D eigenvalue weighted by Gasteiger charge is 2.65. The predicted octanol–water partition coefficient (Wildman–Crippen LogP) is 3.15. The van der Waals surface area contributed by atoms with Gasteiger partial charge in [0.15, 0.2) is 5.96 Å². The highest BCUT2D eigenvalue weighted by molar-refractivity contribution is 6.07. The number of anilines is 1. The second-order valence-electron chi connectivity index (χ2n) is 12.5. The van der Waals surface area contributed by atoms with Crippen LogP contribution in [0.5, 0.6) is 5.75 Å². The molecule has 0 heterocycles. The lowest BCUT2D eigenvalue weighted by Crippen LogP contribution is -2.51. The molecule has 0 aromatic heterocycles. The first-order chi connectivity index (χ1) is 20.1. The maximum atomic E-state index is 13.2. The lowest BCUT2D eigenvalue weighted by Gasteiger charge is -2.34. The fourth-order valence-electron chi connectivity index (χ4n) is 5.06. The molecular formula is C31H42N6O6. The summed E-state index contributed by atoms with van der Waals surface area (Å²) < 4.78 is 6.00. The molecule has 0 bridgehead atoms. The predicted molar refractivity (Wildman–Crippen MR) is 164 cm³/mol. The van der Waals surface area contributed by atoms with Crippen LogP contribution in [0.2, 0.25) is 0 Å². The van der Waals surface area contributed by atoms with Gasteiger partial charge in [-0.3, -0.25) is 19.2 Å². The summed E-state index contributed by atoms with van der Waals surface area (Å²) in [6.07, 6.45) is 1.98. The van der Waals surface area contributed by atoms with Crippen LogP contribution in [0.15, 0.2) is 53.5 Å². The van der Waals surface area contributed by atoms with Crippen molar-refractivity contribution < 1.29 is 29.0 Å². The number of aliphatic carboxylic acids is 1. The minimum absolute atomic E-state index is 0.0358. The van der Waals surface area contributed by atoms with Crippen LogP contribution in [0.25, 0.3) is 0 Å². The Bertz CT molecular complexity index is 1380. The zero-order valence-corrected chi connectivity index (χ0v) is 25.3. The van der Waals surface area contributed by atoms with E-state index in [0.717, 1.165) is 12.8 Å². The van der Waals surface area contributed by atoms with Crippen LogP contribution in [0.3, 0.4) is 0 Å². The van der Waals surface area contributed by atoms with Crippen LogP contribution >= 0.6 is 0 Å². The van der Waals surface area contributed by atoms with Crippen LogP contribution < -0.4 is 32.2 Å². The van der Waals surface area contributed by atoms with Crippen LogP contribution in [0.1, 0.15) is 64.2 Å². The maximum absolute atomic E-state index is 13.2. The summed E-state index contributed by atoms with van der Waals surface area (Å²) in [6, 6.07) is 12.9. The number of nitrogens with two attached hydrogens (primary N) is 2. The van der Waals surface area contributed by atoms with Crippen LogP contribution in [0.4, 0.5) is 11.4 Å². The number of carboxylic acids is 1. The van der Waals surface area contributed by atoms with Gasteiger partial charge in [0.05, 0.1) is 24.8 Å². The van der Waals surface area contributed by atoms with Gasteiger partial charge in [0.25, 0.3) is 11.8 Å². The fourth-order valence-corrected chi connectivity index (χ4v) is 5.06. The van der Waals surface area contributed by atoms with Crippen LogP contribution in [0, 0.1) is 16.7 Å². The average Bonchev–Trinajstić information content (AvgIpc) is 3.66. The van der Waals surface area contributed by atoms with Crippen LogP contribution in [-0.4, -0.2) is 53.4 Å². The van der Waals surface area contributed by atoms with E-state index in [1.54, 1.807) is 36.4 Å². The summed E-state index contributed by atoms with van der Waals surface area (Å²) in [4.78, 5) is 54.0. The Kier molecular flexibility index (Phi) is 10.1. The van der Waals surface area contributed by atoms with E-state index >= 15 is 0 Å². The van der Waals surface area contributed by atoms with Gasteiger partial charge in [0.1, 0.15) is 11.3 Å². The molecule has 1 saturated carbocycles. The number of rotatable bonds is 14. The summed E-state index contributed by atoms with van der Waals surface area (Å²) in [5.74, 6) is -3.82. The van der Waals surface area contributed by atoms with Crippen molar-refractivity contribution in [3.8, 4) is 5.75 Å². The molecule has 1 fully saturated rings. The van der Waals surface area contributed by atoms with Gasteiger partial charge >= 0.3 is 5.97 Å². The van der Waals surface area contributed by atoms with Gasteiger partial charge in [-0.1, -0.05) is 47.1 Å². The van der Waals surface area contributed by atoms with E-state index < -0.39 is 41.7 Å². The van der Waals surface area contributed by atoms with Gasteiger partial charge in [0, 0.05) is 11.3 Å². The van der Waals surface area contributed by atoms with E-state index in [2.05, 4.69) is 55.6 Å². The Morgan fingerprint density at radius 3 is 2.30 bits per heavy atom. The number of amides is 3. The minimum atomic E-state index is -1.65. The second-order valence-corrected chi connectivity index (χ2v) is 12.5. The van der Waals surface area contributed by atoms with Crippen molar-refractivity contribution in [2.75, 3.05) is 18.5 Å². The first-order valence-corrected chi connectivity index (χ1v) is 14.1. The number of aliphatic imine (C=N–C) groups is 1. The van der Waals surface area contributed by atoms with E-state index in [0.29, 0.717) is 23.7 Å². The van der Waals surface area contributed by atoms with Crippen molar-refractivity contribution in [1.29, 1.82) is 0 Å². The quantitative estimate of drug-likeness (QED) is 0.142. The third-order valence-corrected chi connectivity index (χ3v) is 7.46. The number of nitrogens with one attached hydrogen (secondary N) is 3. The van der Waals surface area contributed by atoms with Crippen molar-refractivity contribution in [3.05, 3.63) is 54.1 Å². The number of guanidine groups is 1. The SMILES string of the molecule is CCC(C)(C)CC(C)(C)COc1ccc(NC(=O)C2(NC(=O)CNC(=O)c3cccc(N=C(N)N)c3)CC2C(=O)O)cc1. The number of nitrogens with zero attached hydrogens (tertiary/aromatic N) is 1. The second kappa shape index (κ2) is 13.1. The number of hydrogen-bond acceptors (Lipinski definition) is 6. The Balaban J connectivity index is 1.58. The van der Waals surface area contributed by atoms with E-state index in [-0.39, 0.29) is 28.8 Å². The number of hydrogen-bond donors (Lipinski definition) is 6. The fraction of sp³-hybridized carbons (Fsp3) is 0.452. The van der Waals surface area contributed by atoms with Crippen LogP contribution in [-0.2, 0) is 14.4 Å². The molecule has 232 valence electrons. The first kappa shape index (κ1) is 32.9. The molecule has 2 unspecified atom stereocenters. The van der Waals surface area contributed by atoms with E-state index in [9.17, 15) is 24.3 Å². The highest BCUT2D eigenvalue weighted by Crippen LogP contribution is 2.44. The highest BCUT2D eigenvalue weighted by atomic mass is 16.5. The van der Waals surface area contributed by atoms with Crippen molar-refractivity contribution >= 4 is 41.0 Å². The lowest BCUT2D eigenvalue weighted by atomic mass is 9.74. The van der Waals surface area contributed by atoms with E-state index in [1.165, 1.54) is 12.1 Å². The molecule has 0 spiro atoms. The molecular weight excluding hydrogens is 552 g/mol. The number of carbonyl (C=O) groups excluding carboxylic acids is 3. The standard InChI is InChI=1S/C31H42N6O6/c1-6-29(2,3)17-30(4,5)18-43-22-12-10-20(11-13-22)35-27(42)31(15-23(31)26(40)41)37-24(38)16-34-25(39)19-8-7-9-21(14-19)36-28(32)33/h7-14,23H,6,15-18H2,1-5H3,(H,34,39)(H,35,42)(H,37,38)(H,40,41)(H4,32,33,36). The van der Waals surface area contributed by atoms with Gasteiger partial charge < -0.3 is 37.3 Å². The molecule has 0 saturated heterocycles.